The van der Waals surface area contributed by atoms with Gasteiger partial charge in [0.1, 0.15) is 5.52 Å². The minimum absolute atomic E-state index is 0.221. The van der Waals surface area contributed by atoms with Crippen molar-refractivity contribution < 1.29 is 4.42 Å². The molecular weight excluding hydrogens is 296 g/mol. The fraction of sp³-hybridized carbons (Fsp3) is 0.667. The van der Waals surface area contributed by atoms with Gasteiger partial charge < -0.3 is 9.73 Å². The molecule has 4 bridgehead atoms. The fourth-order valence-corrected chi connectivity index (χ4v) is 6.74. The van der Waals surface area contributed by atoms with Crippen LogP contribution in [0.1, 0.15) is 52.9 Å². The van der Waals surface area contributed by atoms with E-state index in [1.807, 2.05) is 24.3 Å². The number of benzene rings is 1. The van der Waals surface area contributed by atoms with Gasteiger partial charge in [0.2, 0.25) is 0 Å². The van der Waals surface area contributed by atoms with Crippen molar-refractivity contribution in [1.82, 2.24) is 4.98 Å². The lowest BCUT2D eigenvalue weighted by Gasteiger charge is -2.62. The van der Waals surface area contributed by atoms with Crippen molar-refractivity contribution in [3.8, 4) is 0 Å². The van der Waals surface area contributed by atoms with Crippen molar-refractivity contribution in [3.05, 3.63) is 24.3 Å². The average Bonchev–Trinajstić information content (AvgIpc) is 2.85. The molecule has 24 heavy (non-hydrogen) atoms. The number of para-hydroxylation sites is 2. The number of hydrogen-bond acceptors (Lipinski definition) is 3. The lowest BCUT2D eigenvalue weighted by atomic mass is 9.45. The van der Waals surface area contributed by atoms with Gasteiger partial charge in [-0.25, -0.2) is 0 Å². The molecule has 1 heterocycles. The first-order chi connectivity index (χ1) is 11.4. The molecule has 0 amide bonds. The van der Waals surface area contributed by atoms with Crippen LogP contribution < -0.4 is 5.32 Å². The van der Waals surface area contributed by atoms with E-state index < -0.39 is 0 Å². The summed E-state index contributed by atoms with van der Waals surface area (Å²) in [4.78, 5) is 4.68. The number of rotatable bonds is 2. The van der Waals surface area contributed by atoms with Crippen molar-refractivity contribution in [2.45, 2.75) is 58.4 Å². The molecule has 4 fully saturated rings. The Bertz CT molecular complexity index is 722. The Balaban J connectivity index is 1.45. The van der Waals surface area contributed by atoms with Crippen LogP contribution in [-0.2, 0) is 0 Å². The number of anilines is 1. The molecule has 4 aliphatic rings. The summed E-state index contributed by atoms with van der Waals surface area (Å²) < 4.78 is 5.98. The lowest BCUT2D eigenvalue weighted by Crippen LogP contribution is -2.60. The van der Waals surface area contributed by atoms with E-state index in [1.165, 1.54) is 32.1 Å². The Morgan fingerprint density at radius 1 is 1.08 bits per heavy atom. The van der Waals surface area contributed by atoms with Crippen LogP contribution in [0.25, 0.3) is 11.1 Å². The highest BCUT2D eigenvalue weighted by molar-refractivity contribution is 5.74. The van der Waals surface area contributed by atoms with E-state index >= 15 is 0 Å². The Kier molecular flexibility index (Phi) is 2.94. The summed E-state index contributed by atoms with van der Waals surface area (Å²) in [5.74, 6) is 3.52. The predicted octanol–water partition coefficient (Wildman–Crippen LogP) is 5.48. The minimum atomic E-state index is 0.221. The summed E-state index contributed by atoms with van der Waals surface area (Å²) in [6.45, 7) is 7.34. The normalized spacial score (nSPS) is 38.0. The van der Waals surface area contributed by atoms with E-state index in [-0.39, 0.29) is 5.54 Å². The Morgan fingerprint density at radius 2 is 1.79 bits per heavy atom. The van der Waals surface area contributed by atoms with Gasteiger partial charge in [-0.3, -0.25) is 0 Å². The maximum atomic E-state index is 5.98. The molecule has 1 aromatic carbocycles. The molecule has 0 aliphatic heterocycles. The summed E-state index contributed by atoms with van der Waals surface area (Å²) in [5.41, 5.74) is 2.50. The quantitative estimate of drug-likeness (QED) is 0.795. The predicted molar refractivity (Wildman–Crippen MR) is 96.9 cm³/mol. The number of aromatic nitrogens is 1. The highest BCUT2D eigenvalue weighted by atomic mass is 16.4. The van der Waals surface area contributed by atoms with Gasteiger partial charge in [0, 0.05) is 5.54 Å². The fourth-order valence-electron chi connectivity index (χ4n) is 6.74. The Morgan fingerprint density at radius 3 is 2.46 bits per heavy atom. The lowest BCUT2D eigenvalue weighted by molar-refractivity contribution is -0.0862. The number of nitrogens with one attached hydrogen (secondary N) is 1. The van der Waals surface area contributed by atoms with Gasteiger partial charge in [-0.1, -0.05) is 32.9 Å². The molecule has 3 heteroatoms. The largest absolute Gasteiger partial charge is 0.424 e. The summed E-state index contributed by atoms with van der Waals surface area (Å²) in [6, 6.07) is 8.79. The molecule has 4 aliphatic carbocycles. The Hall–Kier alpha value is -1.51. The van der Waals surface area contributed by atoms with Crippen molar-refractivity contribution in [3.63, 3.8) is 0 Å². The van der Waals surface area contributed by atoms with E-state index in [4.69, 9.17) is 4.42 Å². The third-order valence-electron chi connectivity index (χ3n) is 6.94. The van der Waals surface area contributed by atoms with Crippen molar-refractivity contribution >= 4 is 17.1 Å². The van der Waals surface area contributed by atoms with Gasteiger partial charge in [0.15, 0.2) is 5.58 Å². The maximum absolute atomic E-state index is 5.98. The molecule has 0 saturated heterocycles. The molecule has 3 nitrogen and oxygen atoms in total. The van der Waals surface area contributed by atoms with Gasteiger partial charge in [-0.2, -0.15) is 4.98 Å². The first-order valence-corrected chi connectivity index (χ1v) is 9.56. The second kappa shape index (κ2) is 4.77. The SMILES string of the molecule is CC(C)(C)C1C2CC3CC1CC(Nc1nc4ccccc4o1)(C3)C2. The van der Waals surface area contributed by atoms with Crippen LogP contribution in [0, 0.1) is 29.1 Å². The van der Waals surface area contributed by atoms with E-state index in [0.29, 0.717) is 5.41 Å². The van der Waals surface area contributed by atoms with Crippen LogP contribution in [-0.4, -0.2) is 10.5 Å². The standard InChI is InChI=1S/C21H28N2O/c1-20(2,3)18-14-8-13-9-15(18)12-21(10-13,11-14)23-19-22-16-6-4-5-7-17(16)24-19/h4-7,13-15,18H,8-12H2,1-3H3,(H,22,23). The van der Waals surface area contributed by atoms with Gasteiger partial charge in [-0.15, -0.1) is 0 Å². The molecule has 0 spiro atoms. The summed E-state index contributed by atoms with van der Waals surface area (Å²) in [5, 5.41) is 3.77. The molecule has 128 valence electrons. The highest BCUT2D eigenvalue weighted by Crippen LogP contribution is 2.62. The first kappa shape index (κ1) is 14.8. The molecule has 6 rings (SSSR count). The van der Waals surface area contributed by atoms with E-state index in [2.05, 4.69) is 31.1 Å². The van der Waals surface area contributed by atoms with Crippen LogP contribution in [0.5, 0.6) is 0 Å². The molecule has 0 radical (unpaired) electrons. The van der Waals surface area contributed by atoms with Gasteiger partial charge in [0.05, 0.1) is 0 Å². The van der Waals surface area contributed by atoms with E-state index in [0.717, 1.165) is 40.8 Å². The topological polar surface area (TPSA) is 38.1 Å². The van der Waals surface area contributed by atoms with E-state index in [1.54, 1.807) is 0 Å². The molecule has 1 N–H and O–H groups in total. The molecule has 4 saturated carbocycles. The number of oxazole rings is 1. The zero-order chi connectivity index (χ0) is 16.5. The second-order valence-electron chi connectivity index (χ2n) is 9.75. The molecule has 2 atom stereocenters. The summed E-state index contributed by atoms with van der Waals surface area (Å²) in [6.07, 6.45) is 6.77. The van der Waals surface area contributed by atoms with Gasteiger partial charge in [0.25, 0.3) is 6.01 Å². The van der Waals surface area contributed by atoms with Crippen molar-refractivity contribution in [2.75, 3.05) is 5.32 Å². The van der Waals surface area contributed by atoms with Crippen LogP contribution >= 0.6 is 0 Å². The van der Waals surface area contributed by atoms with Crippen LogP contribution in [0.4, 0.5) is 6.01 Å². The van der Waals surface area contributed by atoms with Crippen LogP contribution in [0.15, 0.2) is 28.7 Å². The van der Waals surface area contributed by atoms with Gasteiger partial charge in [-0.05, 0) is 73.3 Å². The monoisotopic (exact) mass is 324 g/mol. The number of hydrogen-bond donors (Lipinski definition) is 1. The minimum Gasteiger partial charge on any atom is -0.424 e. The highest BCUT2D eigenvalue weighted by Gasteiger charge is 2.57. The summed E-state index contributed by atoms with van der Waals surface area (Å²) in [7, 11) is 0. The van der Waals surface area contributed by atoms with Crippen molar-refractivity contribution in [2.24, 2.45) is 29.1 Å². The maximum Gasteiger partial charge on any atom is 0.296 e. The zero-order valence-corrected chi connectivity index (χ0v) is 15.0. The molecule has 2 unspecified atom stereocenters. The molecular formula is C21H28N2O. The first-order valence-electron chi connectivity index (χ1n) is 9.56. The smallest absolute Gasteiger partial charge is 0.296 e. The second-order valence-corrected chi connectivity index (χ2v) is 9.75. The average molecular weight is 324 g/mol. The number of nitrogens with zero attached hydrogens (tertiary/aromatic N) is 1. The van der Waals surface area contributed by atoms with Crippen molar-refractivity contribution in [1.29, 1.82) is 0 Å². The number of fused-ring (bicyclic) bond motifs is 1. The van der Waals surface area contributed by atoms with Gasteiger partial charge >= 0.3 is 0 Å². The molecule has 2 aromatic rings. The summed E-state index contributed by atoms with van der Waals surface area (Å²) >= 11 is 0. The van der Waals surface area contributed by atoms with E-state index in [9.17, 15) is 0 Å². The van der Waals surface area contributed by atoms with Crippen LogP contribution in [0.3, 0.4) is 0 Å². The molecule has 1 aromatic heterocycles. The Labute approximate surface area is 144 Å². The third kappa shape index (κ3) is 2.20. The third-order valence-corrected chi connectivity index (χ3v) is 6.94. The van der Waals surface area contributed by atoms with Crippen LogP contribution in [0.2, 0.25) is 0 Å². The zero-order valence-electron chi connectivity index (χ0n) is 15.0.